The van der Waals surface area contributed by atoms with Gasteiger partial charge < -0.3 is 4.74 Å². The molecule has 7 heteroatoms. The van der Waals surface area contributed by atoms with E-state index >= 15 is 0 Å². The number of nitrogens with zero attached hydrogens (tertiary/aromatic N) is 2. The van der Waals surface area contributed by atoms with E-state index in [0.29, 0.717) is 0 Å². The number of para-hydroxylation sites is 1. The van der Waals surface area contributed by atoms with Gasteiger partial charge in [0.1, 0.15) is 17.5 Å². The molecule has 2 aromatic rings. The Morgan fingerprint density at radius 1 is 1.29 bits per heavy atom. The van der Waals surface area contributed by atoms with Crippen molar-refractivity contribution in [2.45, 2.75) is 0 Å². The first-order valence-corrected chi connectivity index (χ1v) is 4.66. The van der Waals surface area contributed by atoms with Crippen LogP contribution in [0.25, 0.3) is 5.69 Å². The summed E-state index contributed by atoms with van der Waals surface area (Å²) in [6.07, 6.45) is 0. The third kappa shape index (κ3) is 1.61. The van der Waals surface area contributed by atoms with Crippen molar-refractivity contribution in [1.29, 1.82) is 5.26 Å². The molecule has 0 saturated heterocycles. The van der Waals surface area contributed by atoms with Gasteiger partial charge in [0.2, 0.25) is 0 Å². The second-order valence-corrected chi connectivity index (χ2v) is 3.16. The van der Waals surface area contributed by atoms with Crippen molar-refractivity contribution in [3.63, 3.8) is 0 Å². The van der Waals surface area contributed by atoms with E-state index in [2.05, 4.69) is 10.2 Å². The second kappa shape index (κ2) is 4.02. The summed E-state index contributed by atoms with van der Waals surface area (Å²) in [6, 6.07) is 6.57. The number of nitrogens with one attached hydrogen (secondary N) is 2. The topological polar surface area (TPSA) is 104 Å². The number of hydrogen-bond acceptors (Lipinski definition) is 4. The fourth-order valence-electron chi connectivity index (χ4n) is 1.52. The van der Waals surface area contributed by atoms with Crippen LogP contribution in [-0.2, 0) is 0 Å². The van der Waals surface area contributed by atoms with E-state index in [1.165, 1.54) is 13.2 Å². The molecule has 86 valence electrons. The molecule has 0 atom stereocenters. The lowest BCUT2D eigenvalue weighted by Crippen LogP contribution is -2.26. The molecule has 0 unspecified atom stereocenters. The van der Waals surface area contributed by atoms with Gasteiger partial charge in [-0.05, 0) is 12.1 Å². The SMILES string of the molecule is COc1cccc(C#N)c1-n1c(=O)[nH][nH]c1=O. The minimum Gasteiger partial charge on any atom is -0.495 e. The molecule has 7 nitrogen and oxygen atoms in total. The maximum absolute atomic E-state index is 11.5. The number of ether oxygens (including phenoxy) is 1. The highest BCUT2D eigenvalue weighted by Gasteiger charge is 2.15. The first-order valence-electron chi connectivity index (χ1n) is 4.66. The average Bonchev–Trinajstić information content (AvgIpc) is 2.68. The maximum atomic E-state index is 11.5. The lowest BCUT2D eigenvalue weighted by Gasteiger charge is -2.08. The summed E-state index contributed by atoms with van der Waals surface area (Å²) < 4.78 is 5.86. The number of rotatable bonds is 2. The molecule has 1 heterocycles. The number of benzene rings is 1. The molecule has 0 aliphatic heterocycles. The Bertz CT molecular complexity index is 674. The Kier molecular flexibility index (Phi) is 2.54. The summed E-state index contributed by atoms with van der Waals surface area (Å²) in [7, 11) is 1.39. The summed E-state index contributed by atoms with van der Waals surface area (Å²) in [4.78, 5) is 23.0. The van der Waals surface area contributed by atoms with Crippen molar-refractivity contribution in [3.8, 4) is 17.5 Å². The summed E-state index contributed by atoms with van der Waals surface area (Å²) in [5.41, 5.74) is -1.01. The number of hydrogen-bond donors (Lipinski definition) is 2. The first kappa shape index (κ1) is 10.8. The predicted molar refractivity (Wildman–Crippen MR) is 58.3 cm³/mol. The summed E-state index contributed by atoms with van der Waals surface area (Å²) in [5, 5.41) is 13.3. The van der Waals surface area contributed by atoms with Crippen molar-refractivity contribution in [1.82, 2.24) is 14.8 Å². The van der Waals surface area contributed by atoms with Crippen molar-refractivity contribution in [2.75, 3.05) is 7.11 Å². The number of aromatic amines is 2. The van der Waals surface area contributed by atoms with Crippen molar-refractivity contribution < 1.29 is 4.74 Å². The van der Waals surface area contributed by atoms with Gasteiger partial charge >= 0.3 is 11.4 Å². The quantitative estimate of drug-likeness (QED) is 0.743. The monoisotopic (exact) mass is 232 g/mol. The summed E-state index contributed by atoms with van der Waals surface area (Å²) >= 11 is 0. The molecule has 0 spiro atoms. The maximum Gasteiger partial charge on any atom is 0.349 e. The van der Waals surface area contributed by atoms with E-state index in [4.69, 9.17) is 10.00 Å². The van der Waals surface area contributed by atoms with Gasteiger partial charge in [-0.15, -0.1) is 0 Å². The van der Waals surface area contributed by atoms with Crippen LogP contribution in [0.2, 0.25) is 0 Å². The summed E-state index contributed by atoms with van der Waals surface area (Å²) in [6.45, 7) is 0. The van der Waals surface area contributed by atoms with Gasteiger partial charge in [-0.3, -0.25) is 0 Å². The zero-order valence-electron chi connectivity index (χ0n) is 8.85. The first-order chi connectivity index (χ1) is 8.19. The molecule has 0 fully saturated rings. The minimum atomic E-state index is -0.656. The summed E-state index contributed by atoms with van der Waals surface area (Å²) in [5.74, 6) is 0.274. The number of methoxy groups -OCH3 is 1. The fourth-order valence-corrected chi connectivity index (χ4v) is 1.52. The molecule has 2 rings (SSSR count). The number of nitriles is 1. The van der Waals surface area contributed by atoms with Crippen LogP contribution in [0.15, 0.2) is 27.8 Å². The highest BCUT2D eigenvalue weighted by atomic mass is 16.5. The van der Waals surface area contributed by atoms with Gasteiger partial charge in [0.05, 0.1) is 12.7 Å². The molecule has 0 aliphatic rings. The van der Waals surface area contributed by atoms with E-state index in [-0.39, 0.29) is 17.0 Å². The van der Waals surface area contributed by atoms with Gasteiger partial charge in [0.15, 0.2) is 0 Å². The molecule has 2 N–H and O–H groups in total. The largest absolute Gasteiger partial charge is 0.495 e. The predicted octanol–water partition coefficient (Wildman–Crippen LogP) is -0.266. The van der Waals surface area contributed by atoms with Crippen LogP contribution in [0.4, 0.5) is 0 Å². The zero-order chi connectivity index (χ0) is 12.4. The number of aromatic nitrogens is 3. The standard InChI is InChI=1S/C10H8N4O3/c1-17-7-4-2-3-6(5-11)8(7)14-9(15)12-13-10(14)16/h2-4H,1H3,(H,12,15)(H,13,16). The van der Waals surface area contributed by atoms with Crippen LogP contribution in [0.3, 0.4) is 0 Å². The van der Waals surface area contributed by atoms with Crippen molar-refractivity contribution in [2.24, 2.45) is 0 Å². The Morgan fingerprint density at radius 2 is 1.94 bits per heavy atom. The molecule has 1 aromatic carbocycles. The number of H-pyrrole nitrogens is 2. The lowest BCUT2D eigenvalue weighted by molar-refractivity contribution is 0.412. The van der Waals surface area contributed by atoms with E-state index in [1.807, 2.05) is 6.07 Å². The smallest absolute Gasteiger partial charge is 0.349 e. The van der Waals surface area contributed by atoms with E-state index < -0.39 is 11.4 Å². The zero-order valence-corrected chi connectivity index (χ0v) is 8.85. The third-order valence-corrected chi connectivity index (χ3v) is 2.25. The van der Waals surface area contributed by atoms with Crippen LogP contribution in [-0.4, -0.2) is 21.9 Å². The van der Waals surface area contributed by atoms with Gasteiger partial charge in [-0.25, -0.2) is 24.4 Å². The van der Waals surface area contributed by atoms with Crippen LogP contribution < -0.4 is 16.1 Å². The van der Waals surface area contributed by atoms with Gasteiger partial charge in [0.25, 0.3) is 0 Å². The highest BCUT2D eigenvalue weighted by molar-refractivity contribution is 5.57. The van der Waals surface area contributed by atoms with E-state index in [1.54, 1.807) is 12.1 Å². The Labute approximate surface area is 94.9 Å². The average molecular weight is 232 g/mol. The molecule has 0 aliphatic carbocycles. The van der Waals surface area contributed by atoms with Crippen LogP contribution in [0.5, 0.6) is 5.75 Å². The molecule has 0 radical (unpaired) electrons. The Morgan fingerprint density at radius 3 is 2.47 bits per heavy atom. The van der Waals surface area contributed by atoms with Gasteiger partial charge in [-0.1, -0.05) is 6.07 Å². The molecule has 0 amide bonds. The van der Waals surface area contributed by atoms with Gasteiger partial charge in [-0.2, -0.15) is 5.26 Å². The van der Waals surface area contributed by atoms with E-state index in [0.717, 1.165) is 4.57 Å². The second-order valence-electron chi connectivity index (χ2n) is 3.16. The Hall–Kier alpha value is -2.75. The third-order valence-electron chi connectivity index (χ3n) is 2.25. The lowest BCUT2D eigenvalue weighted by atomic mass is 10.2. The fraction of sp³-hybridized carbons (Fsp3) is 0.100. The Balaban J connectivity index is 2.88. The molecule has 1 aromatic heterocycles. The van der Waals surface area contributed by atoms with Crippen molar-refractivity contribution >= 4 is 0 Å². The molecule has 17 heavy (non-hydrogen) atoms. The van der Waals surface area contributed by atoms with Crippen LogP contribution >= 0.6 is 0 Å². The molecular formula is C10H8N4O3. The highest BCUT2D eigenvalue weighted by Crippen LogP contribution is 2.23. The normalized spacial score (nSPS) is 9.88. The molecule has 0 saturated carbocycles. The molecular weight excluding hydrogens is 224 g/mol. The molecule has 0 bridgehead atoms. The van der Waals surface area contributed by atoms with Crippen LogP contribution in [0.1, 0.15) is 5.56 Å². The van der Waals surface area contributed by atoms with Gasteiger partial charge in [0, 0.05) is 0 Å². The van der Waals surface area contributed by atoms with Crippen molar-refractivity contribution in [3.05, 3.63) is 44.7 Å². The van der Waals surface area contributed by atoms with E-state index in [9.17, 15) is 9.59 Å². The van der Waals surface area contributed by atoms with Crippen LogP contribution in [0, 0.1) is 11.3 Å². The minimum absolute atomic E-state index is 0.130.